The topological polar surface area (TPSA) is 40.1 Å². The van der Waals surface area contributed by atoms with Crippen LogP contribution in [-0.4, -0.2) is 5.97 Å². The third-order valence-corrected chi connectivity index (χ3v) is 3.01. The third kappa shape index (κ3) is 7.20. The summed E-state index contributed by atoms with van der Waals surface area (Å²) in [6.07, 6.45) is 8.76. The molecule has 0 atom stereocenters. The van der Waals surface area contributed by atoms with E-state index < -0.39 is 5.97 Å². The average Bonchev–Trinajstić information content (AvgIpc) is 2.34. The standard InChI is InChI=1S/C15H22O2.Na/c1-2-3-4-5-6-7-8-13-9-11-14(12-10-13)15(16)17;/h9-12H,2-8H2,1H3,(H,16,17);/q;+1/p-1. The van der Waals surface area contributed by atoms with Gasteiger partial charge in [-0.1, -0.05) is 63.3 Å². The number of carbonyl (C=O) groups excluding carboxylic acids is 1. The maximum absolute atomic E-state index is 10.6. The van der Waals surface area contributed by atoms with Gasteiger partial charge < -0.3 is 9.90 Å². The van der Waals surface area contributed by atoms with Crippen molar-refractivity contribution in [3.63, 3.8) is 0 Å². The Labute approximate surface area is 132 Å². The number of carbonyl (C=O) groups is 1. The molecule has 0 amide bonds. The molecule has 2 nitrogen and oxygen atoms in total. The molecule has 0 aliphatic rings. The second kappa shape index (κ2) is 10.6. The minimum absolute atomic E-state index is 0. The van der Waals surface area contributed by atoms with Gasteiger partial charge >= 0.3 is 29.6 Å². The van der Waals surface area contributed by atoms with Crippen molar-refractivity contribution in [3.8, 4) is 0 Å². The van der Waals surface area contributed by atoms with Gasteiger partial charge in [0.15, 0.2) is 0 Å². The summed E-state index contributed by atoms with van der Waals surface area (Å²) >= 11 is 0. The van der Waals surface area contributed by atoms with Crippen molar-refractivity contribution in [2.24, 2.45) is 0 Å². The first-order valence-electron chi connectivity index (χ1n) is 6.54. The molecule has 0 unspecified atom stereocenters. The summed E-state index contributed by atoms with van der Waals surface area (Å²) in [7, 11) is 0. The fourth-order valence-corrected chi connectivity index (χ4v) is 1.92. The zero-order chi connectivity index (χ0) is 12.5. The number of carboxylic acid groups (broad SMARTS) is 1. The Hall–Kier alpha value is -0.310. The summed E-state index contributed by atoms with van der Waals surface area (Å²) in [5, 5.41) is 10.6. The minimum atomic E-state index is -1.10. The summed E-state index contributed by atoms with van der Waals surface area (Å²) in [4.78, 5) is 10.6. The van der Waals surface area contributed by atoms with E-state index in [1.165, 1.54) is 44.1 Å². The molecule has 0 saturated carbocycles. The molecule has 3 heteroatoms. The van der Waals surface area contributed by atoms with Gasteiger partial charge in [0.05, 0.1) is 5.97 Å². The quantitative estimate of drug-likeness (QED) is 0.483. The molecule has 94 valence electrons. The molecular weight excluding hydrogens is 235 g/mol. The van der Waals surface area contributed by atoms with Crippen LogP contribution in [0.1, 0.15) is 61.4 Å². The van der Waals surface area contributed by atoms with Crippen LogP contribution in [-0.2, 0) is 6.42 Å². The SMILES string of the molecule is CCCCCCCCc1ccc(C(=O)[O-])cc1.[Na+]. The smallest absolute Gasteiger partial charge is 0.545 e. The molecule has 0 saturated heterocycles. The Bertz CT molecular complexity index is 333. The van der Waals surface area contributed by atoms with Crippen LogP contribution in [0.5, 0.6) is 0 Å². The Balaban J connectivity index is 0.00000289. The number of aryl methyl sites for hydroxylation is 1. The number of carboxylic acids is 1. The molecule has 0 bridgehead atoms. The van der Waals surface area contributed by atoms with Crippen LogP contribution < -0.4 is 34.7 Å². The van der Waals surface area contributed by atoms with Crippen LogP contribution in [0, 0.1) is 0 Å². The molecule has 1 aromatic carbocycles. The molecule has 0 heterocycles. The van der Waals surface area contributed by atoms with E-state index in [1.807, 2.05) is 12.1 Å². The molecular formula is C15H21NaO2. The van der Waals surface area contributed by atoms with Gasteiger partial charge in [-0.05, 0) is 24.0 Å². The molecule has 0 spiro atoms. The zero-order valence-corrected chi connectivity index (χ0v) is 13.6. The van der Waals surface area contributed by atoms with E-state index >= 15 is 0 Å². The van der Waals surface area contributed by atoms with E-state index in [2.05, 4.69) is 6.92 Å². The van der Waals surface area contributed by atoms with Crippen LogP contribution in [0.15, 0.2) is 24.3 Å². The summed E-state index contributed by atoms with van der Waals surface area (Å²) in [5.41, 5.74) is 1.47. The maximum atomic E-state index is 10.6. The van der Waals surface area contributed by atoms with Crippen LogP contribution in [0.3, 0.4) is 0 Å². The van der Waals surface area contributed by atoms with E-state index in [4.69, 9.17) is 0 Å². The van der Waals surface area contributed by atoms with Gasteiger partial charge in [-0.15, -0.1) is 0 Å². The van der Waals surface area contributed by atoms with E-state index in [9.17, 15) is 9.90 Å². The van der Waals surface area contributed by atoms with Crippen molar-refractivity contribution in [3.05, 3.63) is 35.4 Å². The van der Waals surface area contributed by atoms with Gasteiger partial charge in [-0.25, -0.2) is 0 Å². The van der Waals surface area contributed by atoms with Crippen molar-refractivity contribution >= 4 is 5.97 Å². The van der Waals surface area contributed by atoms with Gasteiger partial charge in [0, 0.05) is 0 Å². The van der Waals surface area contributed by atoms with Crippen molar-refractivity contribution in [1.82, 2.24) is 0 Å². The third-order valence-electron chi connectivity index (χ3n) is 3.01. The number of hydrogen-bond donors (Lipinski definition) is 0. The van der Waals surface area contributed by atoms with Crippen LogP contribution in [0.2, 0.25) is 0 Å². The zero-order valence-electron chi connectivity index (χ0n) is 11.6. The molecule has 1 rings (SSSR count). The van der Waals surface area contributed by atoms with E-state index in [1.54, 1.807) is 12.1 Å². The Morgan fingerprint density at radius 3 is 2.11 bits per heavy atom. The van der Waals surface area contributed by atoms with Gasteiger partial charge in [-0.3, -0.25) is 0 Å². The Morgan fingerprint density at radius 2 is 1.56 bits per heavy atom. The first kappa shape index (κ1) is 17.7. The second-order valence-corrected chi connectivity index (χ2v) is 4.50. The Morgan fingerprint density at radius 1 is 1.00 bits per heavy atom. The molecule has 0 aliphatic heterocycles. The largest absolute Gasteiger partial charge is 1.00 e. The maximum Gasteiger partial charge on any atom is 1.00 e. The normalized spacial score (nSPS) is 9.83. The number of benzene rings is 1. The predicted molar refractivity (Wildman–Crippen MR) is 67.9 cm³/mol. The van der Waals surface area contributed by atoms with Crippen molar-refractivity contribution in [1.29, 1.82) is 0 Å². The first-order chi connectivity index (χ1) is 8.24. The van der Waals surface area contributed by atoms with E-state index in [0.717, 1.165) is 6.42 Å². The number of rotatable bonds is 8. The fourth-order valence-electron chi connectivity index (χ4n) is 1.92. The van der Waals surface area contributed by atoms with Crippen LogP contribution in [0.4, 0.5) is 0 Å². The van der Waals surface area contributed by atoms with E-state index in [-0.39, 0.29) is 35.1 Å². The molecule has 0 fully saturated rings. The summed E-state index contributed by atoms with van der Waals surface area (Å²) < 4.78 is 0. The fraction of sp³-hybridized carbons (Fsp3) is 0.533. The predicted octanol–water partition coefficient (Wildman–Crippen LogP) is -0.0429. The molecule has 0 aromatic heterocycles. The summed E-state index contributed by atoms with van der Waals surface area (Å²) in [6, 6.07) is 7.03. The molecule has 0 radical (unpaired) electrons. The van der Waals surface area contributed by atoms with Gasteiger partial charge in [0.2, 0.25) is 0 Å². The number of aromatic carboxylic acids is 1. The van der Waals surface area contributed by atoms with Crippen molar-refractivity contribution < 1.29 is 39.5 Å². The monoisotopic (exact) mass is 256 g/mol. The van der Waals surface area contributed by atoms with Gasteiger partial charge in [0.1, 0.15) is 0 Å². The van der Waals surface area contributed by atoms with Gasteiger partial charge in [-0.2, -0.15) is 0 Å². The number of hydrogen-bond acceptors (Lipinski definition) is 2. The van der Waals surface area contributed by atoms with Crippen molar-refractivity contribution in [2.45, 2.75) is 51.9 Å². The molecule has 0 aliphatic carbocycles. The summed E-state index contributed by atoms with van der Waals surface area (Å²) in [6.45, 7) is 2.22. The molecule has 0 N–H and O–H groups in total. The average molecular weight is 256 g/mol. The second-order valence-electron chi connectivity index (χ2n) is 4.50. The van der Waals surface area contributed by atoms with Crippen LogP contribution >= 0.6 is 0 Å². The number of unbranched alkanes of at least 4 members (excludes halogenated alkanes) is 5. The molecule has 1 aromatic rings. The van der Waals surface area contributed by atoms with E-state index in [0.29, 0.717) is 0 Å². The van der Waals surface area contributed by atoms with Crippen molar-refractivity contribution in [2.75, 3.05) is 0 Å². The first-order valence-corrected chi connectivity index (χ1v) is 6.54. The minimum Gasteiger partial charge on any atom is -0.545 e. The Kier molecular flexibility index (Phi) is 10.4. The van der Waals surface area contributed by atoms with Gasteiger partial charge in [0.25, 0.3) is 0 Å². The summed E-state index contributed by atoms with van der Waals surface area (Å²) in [5.74, 6) is -1.10. The van der Waals surface area contributed by atoms with Crippen LogP contribution in [0.25, 0.3) is 0 Å². The molecule has 18 heavy (non-hydrogen) atoms.